The van der Waals surface area contributed by atoms with Gasteiger partial charge in [0.15, 0.2) is 11.5 Å². The molecule has 150 valence electrons. The van der Waals surface area contributed by atoms with Crippen LogP contribution in [0, 0.1) is 13.8 Å². The topological polar surface area (TPSA) is 103 Å². The summed E-state index contributed by atoms with van der Waals surface area (Å²) in [5.41, 5.74) is 2.45. The van der Waals surface area contributed by atoms with Crippen molar-refractivity contribution < 1.29 is 14.3 Å². The number of imidazole rings is 1. The average Bonchev–Trinajstić information content (AvgIpc) is 3.09. The van der Waals surface area contributed by atoms with Gasteiger partial charge in [-0.2, -0.15) is 0 Å². The van der Waals surface area contributed by atoms with Crippen molar-refractivity contribution in [1.29, 1.82) is 0 Å². The van der Waals surface area contributed by atoms with E-state index in [2.05, 4.69) is 25.6 Å². The Hall–Kier alpha value is -3.62. The lowest BCUT2D eigenvalue weighted by molar-refractivity contribution is 0.0944. The van der Waals surface area contributed by atoms with Gasteiger partial charge >= 0.3 is 0 Å². The molecule has 29 heavy (non-hydrogen) atoms. The molecule has 0 spiro atoms. The molecule has 0 atom stereocenters. The minimum Gasteiger partial charge on any atom is -0.486 e. The summed E-state index contributed by atoms with van der Waals surface area (Å²) in [5, 5.41) is 6.08. The number of amides is 1. The summed E-state index contributed by atoms with van der Waals surface area (Å²) in [4.78, 5) is 25.3. The van der Waals surface area contributed by atoms with E-state index in [1.165, 1.54) is 6.33 Å². The number of hydrogen-bond donors (Lipinski definition) is 2. The molecule has 9 nitrogen and oxygen atoms in total. The van der Waals surface area contributed by atoms with Gasteiger partial charge in [-0.3, -0.25) is 9.36 Å². The van der Waals surface area contributed by atoms with E-state index in [4.69, 9.17) is 9.47 Å². The molecule has 1 amide bonds. The van der Waals surface area contributed by atoms with Gasteiger partial charge in [0.05, 0.1) is 11.3 Å². The van der Waals surface area contributed by atoms with Crippen LogP contribution in [0.15, 0.2) is 36.9 Å². The lowest BCUT2D eigenvalue weighted by Gasteiger charge is -2.20. The van der Waals surface area contributed by atoms with E-state index in [1.807, 2.05) is 24.5 Å². The maximum atomic E-state index is 12.5. The third kappa shape index (κ3) is 3.98. The zero-order valence-corrected chi connectivity index (χ0v) is 16.3. The number of nitrogens with one attached hydrogen (secondary N) is 2. The molecule has 3 aromatic rings. The molecule has 0 radical (unpaired) electrons. The number of fused-ring (bicyclic) bond motifs is 1. The van der Waals surface area contributed by atoms with E-state index < -0.39 is 0 Å². The van der Waals surface area contributed by atoms with Gasteiger partial charge < -0.3 is 20.1 Å². The van der Waals surface area contributed by atoms with Gasteiger partial charge in [0.1, 0.15) is 37.5 Å². The number of nitrogens with zero attached hydrogens (tertiary/aromatic N) is 4. The molecule has 2 aromatic heterocycles. The number of aromatic nitrogens is 4. The van der Waals surface area contributed by atoms with Crippen molar-refractivity contribution in [2.75, 3.05) is 31.6 Å². The quantitative estimate of drug-likeness (QED) is 0.616. The SMILES string of the molecule is Cc1ncn(-c2cc(NCCNC(=O)c3cccc4c3OCCO4)ncn2)c1C. The molecule has 3 heterocycles. The van der Waals surface area contributed by atoms with Crippen LogP contribution in [0.4, 0.5) is 5.82 Å². The lowest BCUT2D eigenvalue weighted by atomic mass is 10.1. The van der Waals surface area contributed by atoms with Crippen LogP contribution in [0.2, 0.25) is 0 Å². The van der Waals surface area contributed by atoms with Crippen molar-refractivity contribution in [2.24, 2.45) is 0 Å². The molecule has 0 unspecified atom stereocenters. The Labute approximate surface area is 168 Å². The number of para-hydroxylation sites is 1. The third-order valence-corrected chi connectivity index (χ3v) is 4.68. The van der Waals surface area contributed by atoms with Gasteiger partial charge in [-0.15, -0.1) is 0 Å². The summed E-state index contributed by atoms with van der Waals surface area (Å²) in [6.07, 6.45) is 3.24. The third-order valence-electron chi connectivity index (χ3n) is 4.68. The molecule has 4 rings (SSSR count). The summed E-state index contributed by atoms with van der Waals surface area (Å²) in [5.74, 6) is 2.29. The molecule has 1 aliphatic rings. The van der Waals surface area contributed by atoms with Crippen LogP contribution >= 0.6 is 0 Å². The van der Waals surface area contributed by atoms with Crippen molar-refractivity contribution >= 4 is 11.7 Å². The fraction of sp³-hybridized carbons (Fsp3) is 0.300. The molecule has 0 saturated carbocycles. The number of benzene rings is 1. The number of hydrogen-bond acceptors (Lipinski definition) is 7. The van der Waals surface area contributed by atoms with E-state index in [0.29, 0.717) is 49.2 Å². The summed E-state index contributed by atoms with van der Waals surface area (Å²) >= 11 is 0. The van der Waals surface area contributed by atoms with Crippen LogP contribution in [0.25, 0.3) is 5.82 Å². The highest BCUT2D eigenvalue weighted by Crippen LogP contribution is 2.33. The number of carbonyl (C=O) groups excluding carboxylic acids is 1. The average molecular weight is 394 g/mol. The Kier molecular flexibility index (Phi) is 5.28. The number of carbonyl (C=O) groups is 1. The summed E-state index contributed by atoms with van der Waals surface area (Å²) in [6, 6.07) is 7.14. The number of aryl methyl sites for hydroxylation is 1. The largest absolute Gasteiger partial charge is 0.486 e. The van der Waals surface area contributed by atoms with Gasteiger partial charge in [-0.25, -0.2) is 15.0 Å². The number of rotatable bonds is 6. The highest BCUT2D eigenvalue weighted by molar-refractivity contribution is 5.97. The second-order valence-corrected chi connectivity index (χ2v) is 6.56. The Balaban J connectivity index is 1.34. The highest BCUT2D eigenvalue weighted by Gasteiger charge is 2.19. The first-order valence-electron chi connectivity index (χ1n) is 9.37. The maximum Gasteiger partial charge on any atom is 0.255 e. The van der Waals surface area contributed by atoms with Gasteiger partial charge in [-0.1, -0.05) is 6.07 Å². The monoisotopic (exact) mass is 394 g/mol. The first kappa shape index (κ1) is 18.7. The first-order valence-corrected chi connectivity index (χ1v) is 9.37. The van der Waals surface area contributed by atoms with Crippen molar-refractivity contribution in [2.45, 2.75) is 13.8 Å². The number of ether oxygens (including phenoxy) is 2. The second kappa shape index (κ2) is 8.17. The van der Waals surface area contributed by atoms with Crippen molar-refractivity contribution in [3.8, 4) is 17.3 Å². The van der Waals surface area contributed by atoms with E-state index >= 15 is 0 Å². The van der Waals surface area contributed by atoms with Gasteiger partial charge in [-0.05, 0) is 26.0 Å². The molecule has 2 N–H and O–H groups in total. The van der Waals surface area contributed by atoms with E-state index in [9.17, 15) is 4.79 Å². The Morgan fingerprint density at radius 3 is 2.83 bits per heavy atom. The fourth-order valence-electron chi connectivity index (χ4n) is 3.02. The summed E-state index contributed by atoms with van der Waals surface area (Å²) in [7, 11) is 0. The predicted molar refractivity (Wildman–Crippen MR) is 107 cm³/mol. The van der Waals surface area contributed by atoms with Crippen molar-refractivity contribution in [3.05, 3.63) is 53.9 Å². The van der Waals surface area contributed by atoms with Crippen LogP contribution in [0.3, 0.4) is 0 Å². The first-order chi connectivity index (χ1) is 14.1. The molecule has 0 fully saturated rings. The molecule has 1 aromatic carbocycles. The molecular weight excluding hydrogens is 372 g/mol. The maximum absolute atomic E-state index is 12.5. The molecule has 1 aliphatic heterocycles. The second-order valence-electron chi connectivity index (χ2n) is 6.56. The van der Waals surface area contributed by atoms with Gasteiger partial charge in [0.25, 0.3) is 5.91 Å². The van der Waals surface area contributed by atoms with Crippen LogP contribution in [-0.4, -0.2) is 51.7 Å². The van der Waals surface area contributed by atoms with Crippen LogP contribution in [0.5, 0.6) is 11.5 Å². The van der Waals surface area contributed by atoms with Gasteiger partial charge in [0.2, 0.25) is 0 Å². The fourth-order valence-corrected chi connectivity index (χ4v) is 3.02. The normalized spacial score (nSPS) is 12.5. The minimum absolute atomic E-state index is 0.206. The zero-order chi connectivity index (χ0) is 20.2. The Bertz CT molecular complexity index is 1030. The molecule has 9 heteroatoms. The van der Waals surface area contributed by atoms with E-state index in [1.54, 1.807) is 24.5 Å². The van der Waals surface area contributed by atoms with Gasteiger partial charge in [0, 0.05) is 24.8 Å². The summed E-state index contributed by atoms with van der Waals surface area (Å²) in [6.45, 7) is 5.80. The predicted octanol–water partition coefficient (Wildman–Crippen LogP) is 1.89. The Morgan fingerprint density at radius 1 is 1.14 bits per heavy atom. The lowest BCUT2D eigenvalue weighted by Crippen LogP contribution is -2.30. The smallest absolute Gasteiger partial charge is 0.255 e. The van der Waals surface area contributed by atoms with Crippen LogP contribution in [-0.2, 0) is 0 Å². The molecule has 0 aliphatic carbocycles. The molecule has 0 saturated heterocycles. The van der Waals surface area contributed by atoms with E-state index in [-0.39, 0.29) is 5.91 Å². The van der Waals surface area contributed by atoms with Crippen LogP contribution in [0.1, 0.15) is 21.7 Å². The number of anilines is 1. The highest BCUT2D eigenvalue weighted by atomic mass is 16.6. The minimum atomic E-state index is -0.206. The molecule has 0 bridgehead atoms. The van der Waals surface area contributed by atoms with Crippen LogP contribution < -0.4 is 20.1 Å². The summed E-state index contributed by atoms with van der Waals surface area (Å²) < 4.78 is 13.0. The van der Waals surface area contributed by atoms with Crippen molar-refractivity contribution in [3.63, 3.8) is 0 Å². The molecular formula is C20H22N6O3. The Morgan fingerprint density at radius 2 is 2.00 bits per heavy atom. The van der Waals surface area contributed by atoms with Crippen molar-refractivity contribution in [1.82, 2.24) is 24.8 Å². The zero-order valence-electron chi connectivity index (χ0n) is 16.3. The standard InChI is InChI=1S/C20H22N6O3/c1-13-14(2)26(12-25-13)18-10-17(23-11-24-18)21-6-7-22-20(27)15-4-3-5-16-19(15)29-9-8-28-16/h3-5,10-12H,6-9H2,1-2H3,(H,22,27)(H,21,23,24). The van der Waals surface area contributed by atoms with E-state index in [0.717, 1.165) is 17.2 Å².